The Morgan fingerprint density at radius 3 is 2.85 bits per heavy atom. The first kappa shape index (κ1) is 17.1. The second-order valence-corrected chi connectivity index (χ2v) is 6.88. The minimum atomic E-state index is -0.396. The van der Waals surface area contributed by atoms with Crippen LogP contribution in [0.2, 0.25) is 0 Å². The zero-order chi connectivity index (χ0) is 18.8. The molecule has 0 aliphatic rings. The Morgan fingerprint density at radius 2 is 2.07 bits per heavy atom. The van der Waals surface area contributed by atoms with E-state index in [1.54, 1.807) is 17.6 Å². The minimum absolute atomic E-state index is 0.0323. The van der Waals surface area contributed by atoms with Gasteiger partial charge < -0.3 is 10.2 Å². The molecule has 1 amide bonds. The van der Waals surface area contributed by atoms with Crippen LogP contribution in [0, 0.1) is 0 Å². The highest BCUT2D eigenvalue weighted by atomic mass is 32.1. The van der Waals surface area contributed by atoms with Crippen molar-refractivity contribution in [3.63, 3.8) is 0 Å². The number of amides is 1. The molecule has 2 heterocycles. The van der Waals surface area contributed by atoms with Crippen molar-refractivity contribution in [2.45, 2.75) is 0 Å². The Labute approximate surface area is 162 Å². The lowest BCUT2D eigenvalue weighted by molar-refractivity contribution is 0.102. The number of aromatic nitrogens is 1. The number of fused-ring (bicyclic) bond motifs is 3. The van der Waals surface area contributed by atoms with Crippen molar-refractivity contribution < 1.29 is 9.21 Å². The van der Waals surface area contributed by atoms with E-state index in [2.05, 4.69) is 20.8 Å². The normalized spacial score (nSPS) is 11.6. The number of nitrogens with two attached hydrogens (primary N) is 1. The van der Waals surface area contributed by atoms with Crippen molar-refractivity contribution in [1.82, 2.24) is 10.4 Å². The Kier molecular flexibility index (Phi) is 4.53. The Morgan fingerprint density at radius 1 is 1.22 bits per heavy atom. The average Bonchev–Trinajstić information content (AvgIpc) is 3.18. The van der Waals surface area contributed by atoms with Crippen LogP contribution < -0.4 is 22.0 Å². The second kappa shape index (κ2) is 7.14. The van der Waals surface area contributed by atoms with Gasteiger partial charge in [-0.3, -0.25) is 15.5 Å². The lowest BCUT2D eigenvalue weighted by atomic mass is 10.0. The van der Waals surface area contributed by atoms with Crippen LogP contribution in [0.15, 0.2) is 63.6 Å². The summed E-state index contributed by atoms with van der Waals surface area (Å²) in [6, 6.07) is 13.4. The van der Waals surface area contributed by atoms with Crippen molar-refractivity contribution >= 4 is 61.4 Å². The maximum atomic E-state index is 12.8. The fourth-order valence-corrected chi connectivity index (χ4v) is 3.25. The number of thiazole rings is 1. The van der Waals surface area contributed by atoms with Gasteiger partial charge in [-0.15, -0.1) is 16.4 Å². The first-order valence-corrected chi connectivity index (χ1v) is 9.16. The third-order valence-corrected chi connectivity index (χ3v) is 4.60. The number of hydrogen-bond donors (Lipinski definition) is 3. The monoisotopic (exact) mass is 395 g/mol. The summed E-state index contributed by atoms with van der Waals surface area (Å²) >= 11 is 6.09. The number of carbonyl (C=O) groups is 1. The number of hydrogen-bond acceptors (Lipinski definition) is 6. The van der Waals surface area contributed by atoms with E-state index in [1.165, 1.54) is 11.3 Å². The number of nitrogens with zero attached hydrogens (tertiary/aromatic N) is 2. The molecule has 2 aromatic carbocycles. The van der Waals surface area contributed by atoms with Crippen molar-refractivity contribution in [3.8, 4) is 0 Å². The highest BCUT2D eigenvalue weighted by Crippen LogP contribution is 2.25. The molecule has 0 aliphatic carbocycles. The molecule has 4 aromatic rings. The molecule has 0 spiro atoms. The standard InChI is InChI=1S/C18H13N5O2S2/c19-17(26)23-22-16-13(15(24)21-18-20-7-8-27-18)9-12-11-4-2-1-3-10(11)5-6-14(12)25-16/h1-9H,(H3,19,23,26)(H,20,21,24)/b22-16-. The van der Waals surface area contributed by atoms with Crippen LogP contribution in [-0.2, 0) is 0 Å². The summed E-state index contributed by atoms with van der Waals surface area (Å²) in [7, 11) is 0. The Balaban J connectivity index is 1.93. The molecule has 134 valence electrons. The van der Waals surface area contributed by atoms with Gasteiger partial charge in [-0.05, 0) is 35.1 Å². The van der Waals surface area contributed by atoms with Crippen LogP contribution in [-0.4, -0.2) is 16.0 Å². The van der Waals surface area contributed by atoms with Crippen molar-refractivity contribution in [2.75, 3.05) is 5.32 Å². The lowest BCUT2D eigenvalue weighted by Gasteiger charge is -2.07. The molecule has 2 aromatic heterocycles. The van der Waals surface area contributed by atoms with Gasteiger partial charge in [-0.1, -0.05) is 30.3 Å². The van der Waals surface area contributed by atoms with Gasteiger partial charge in [0.15, 0.2) is 10.2 Å². The van der Waals surface area contributed by atoms with Crippen LogP contribution in [0.25, 0.3) is 21.7 Å². The van der Waals surface area contributed by atoms with Gasteiger partial charge in [0.25, 0.3) is 5.91 Å². The van der Waals surface area contributed by atoms with E-state index in [-0.39, 0.29) is 16.2 Å². The molecule has 0 radical (unpaired) electrons. The van der Waals surface area contributed by atoms with Crippen LogP contribution >= 0.6 is 23.6 Å². The number of thiocarbonyl (C=S) groups is 1. The SMILES string of the molecule is NC(=S)N/N=c1\oc2ccc3ccccc3c2cc1C(=O)Nc1nccs1. The topological polar surface area (TPSA) is 106 Å². The molecule has 9 heteroatoms. The molecule has 0 unspecified atom stereocenters. The molecule has 0 atom stereocenters. The summed E-state index contributed by atoms with van der Waals surface area (Å²) < 4.78 is 5.87. The summed E-state index contributed by atoms with van der Waals surface area (Å²) in [6.45, 7) is 0. The summed E-state index contributed by atoms with van der Waals surface area (Å²) in [5.41, 5.74) is 8.79. The van der Waals surface area contributed by atoms with Gasteiger partial charge in [0.1, 0.15) is 11.1 Å². The molecule has 4 N–H and O–H groups in total. The van der Waals surface area contributed by atoms with Crippen molar-refractivity contribution in [2.24, 2.45) is 10.8 Å². The van der Waals surface area contributed by atoms with Gasteiger partial charge in [-0.2, -0.15) is 0 Å². The molecule has 0 saturated carbocycles. The second-order valence-electron chi connectivity index (χ2n) is 5.54. The summed E-state index contributed by atoms with van der Waals surface area (Å²) in [5, 5.41) is 11.8. The van der Waals surface area contributed by atoms with E-state index >= 15 is 0 Å². The third-order valence-electron chi connectivity index (χ3n) is 3.82. The molecule has 0 saturated heterocycles. The molecule has 27 heavy (non-hydrogen) atoms. The number of carbonyl (C=O) groups excluding carboxylic acids is 1. The van der Waals surface area contributed by atoms with E-state index < -0.39 is 5.91 Å². The zero-order valence-electron chi connectivity index (χ0n) is 13.8. The van der Waals surface area contributed by atoms with Crippen molar-refractivity contribution in [1.29, 1.82) is 0 Å². The third kappa shape index (κ3) is 3.50. The predicted octanol–water partition coefficient (Wildman–Crippen LogP) is 2.94. The zero-order valence-corrected chi connectivity index (χ0v) is 15.4. The number of nitrogens with one attached hydrogen (secondary N) is 2. The Bertz CT molecular complexity index is 1230. The maximum absolute atomic E-state index is 12.8. The number of benzene rings is 2. The first-order chi connectivity index (χ1) is 13.1. The highest BCUT2D eigenvalue weighted by Gasteiger charge is 2.15. The fourth-order valence-electron chi connectivity index (χ4n) is 2.68. The van der Waals surface area contributed by atoms with E-state index in [0.717, 1.165) is 16.2 Å². The molecule has 0 bridgehead atoms. The van der Waals surface area contributed by atoms with Gasteiger partial charge >= 0.3 is 0 Å². The van der Waals surface area contributed by atoms with E-state index in [4.69, 9.17) is 22.4 Å². The highest BCUT2D eigenvalue weighted by molar-refractivity contribution is 7.80. The lowest BCUT2D eigenvalue weighted by Crippen LogP contribution is -2.29. The average molecular weight is 395 g/mol. The maximum Gasteiger partial charge on any atom is 0.263 e. The van der Waals surface area contributed by atoms with Gasteiger partial charge in [-0.25, -0.2) is 4.98 Å². The molecule has 0 aliphatic heterocycles. The fraction of sp³-hybridized carbons (Fsp3) is 0. The van der Waals surface area contributed by atoms with Crippen LogP contribution in [0.5, 0.6) is 0 Å². The Hall–Kier alpha value is -3.30. The van der Waals surface area contributed by atoms with Gasteiger partial charge in [0.2, 0.25) is 5.55 Å². The molecule has 4 rings (SSSR count). The predicted molar refractivity (Wildman–Crippen MR) is 109 cm³/mol. The van der Waals surface area contributed by atoms with Gasteiger partial charge in [0.05, 0.1) is 0 Å². The molecule has 0 fully saturated rings. The van der Waals surface area contributed by atoms with Crippen LogP contribution in [0.3, 0.4) is 0 Å². The van der Waals surface area contributed by atoms with Gasteiger partial charge in [0, 0.05) is 17.0 Å². The summed E-state index contributed by atoms with van der Waals surface area (Å²) in [5.74, 6) is -0.396. The van der Waals surface area contributed by atoms with E-state index in [0.29, 0.717) is 10.7 Å². The summed E-state index contributed by atoms with van der Waals surface area (Å²) in [6.07, 6.45) is 1.61. The largest absolute Gasteiger partial charge is 0.436 e. The van der Waals surface area contributed by atoms with E-state index in [9.17, 15) is 4.79 Å². The molecule has 7 nitrogen and oxygen atoms in total. The number of anilines is 1. The number of rotatable bonds is 3. The smallest absolute Gasteiger partial charge is 0.263 e. The van der Waals surface area contributed by atoms with Crippen LogP contribution in [0.4, 0.5) is 5.13 Å². The van der Waals surface area contributed by atoms with Crippen molar-refractivity contribution in [3.05, 3.63) is 65.2 Å². The van der Waals surface area contributed by atoms with E-state index in [1.807, 2.05) is 36.4 Å². The summed E-state index contributed by atoms with van der Waals surface area (Å²) in [4.78, 5) is 16.9. The van der Waals surface area contributed by atoms with Crippen LogP contribution in [0.1, 0.15) is 10.4 Å². The first-order valence-electron chi connectivity index (χ1n) is 7.87. The molecular formula is C18H13N5O2S2. The quantitative estimate of drug-likeness (QED) is 0.280. The minimum Gasteiger partial charge on any atom is -0.436 e. The molecular weight excluding hydrogens is 382 g/mol.